The number of hydrogen-bond donors (Lipinski definition) is 2. The highest BCUT2D eigenvalue weighted by Crippen LogP contribution is 2.26. The summed E-state index contributed by atoms with van der Waals surface area (Å²) in [5.41, 5.74) is 6.08. The van der Waals surface area contributed by atoms with E-state index in [-0.39, 0.29) is 0 Å². The van der Waals surface area contributed by atoms with E-state index in [4.69, 9.17) is 20.8 Å². The maximum absolute atomic E-state index is 11.1. The molecule has 1 saturated heterocycles. The van der Waals surface area contributed by atoms with Gasteiger partial charge in [-0.1, -0.05) is 0 Å². The van der Waals surface area contributed by atoms with Crippen molar-refractivity contribution in [3.05, 3.63) is 29.3 Å². The number of ether oxygens (including phenoxy) is 1. The lowest BCUT2D eigenvalue weighted by Crippen LogP contribution is -2.50. The predicted octanol–water partition coefficient (Wildman–Crippen LogP) is 0.555. The van der Waals surface area contributed by atoms with Crippen LogP contribution < -0.4 is 10.5 Å². The maximum atomic E-state index is 11.1. The number of nitrogens with two attached hydrogens (primary N) is 1. The molecule has 0 bridgehead atoms. The highest BCUT2D eigenvalue weighted by Gasteiger charge is 2.41. The summed E-state index contributed by atoms with van der Waals surface area (Å²) < 4.78 is 5.27. The van der Waals surface area contributed by atoms with Crippen molar-refractivity contribution in [1.82, 2.24) is 4.90 Å². The van der Waals surface area contributed by atoms with Crippen molar-refractivity contribution in [3.63, 3.8) is 0 Å². The van der Waals surface area contributed by atoms with Gasteiger partial charge < -0.3 is 15.6 Å². The fourth-order valence-electron chi connectivity index (χ4n) is 2.44. The summed E-state index contributed by atoms with van der Waals surface area (Å²) >= 11 is 0. The lowest BCUT2D eigenvalue weighted by molar-refractivity contribution is -0.142. The lowest BCUT2D eigenvalue weighted by atomic mass is 10.0. The molecule has 0 aliphatic carbocycles. The molecule has 1 aliphatic rings. The minimum Gasteiger partial charge on any atom is -0.496 e. The number of methoxy groups -OCH3 is 1. The molecule has 0 saturated carbocycles. The van der Waals surface area contributed by atoms with Gasteiger partial charge in [-0.15, -0.1) is 0 Å². The van der Waals surface area contributed by atoms with Crippen molar-refractivity contribution < 1.29 is 14.6 Å². The summed E-state index contributed by atoms with van der Waals surface area (Å²) in [4.78, 5) is 13.1. The average Bonchev–Trinajstić information content (AvgIpc) is 2.81. The number of rotatable bonds is 4. The molecule has 0 spiro atoms. The van der Waals surface area contributed by atoms with Crippen molar-refractivity contribution >= 4 is 5.97 Å². The van der Waals surface area contributed by atoms with Crippen LogP contribution in [-0.4, -0.2) is 41.7 Å². The molecule has 2 rings (SSSR count). The van der Waals surface area contributed by atoms with Crippen LogP contribution in [0.15, 0.2) is 18.2 Å². The molecule has 0 amide bonds. The van der Waals surface area contributed by atoms with Crippen LogP contribution in [0.4, 0.5) is 0 Å². The van der Waals surface area contributed by atoms with E-state index in [0.29, 0.717) is 37.4 Å². The van der Waals surface area contributed by atoms with Crippen molar-refractivity contribution in [2.75, 3.05) is 20.2 Å². The molecule has 20 heavy (non-hydrogen) atoms. The summed E-state index contributed by atoms with van der Waals surface area (Å²) in [6.07, 6.45) is 0.419. The van der Waals surface area contributed by atoms with E-state index in [1.54, 1.807) is 25.3 Å². The number of benzene rings is 1. The predicted molar refractivity (Wildman–Crippen MR) is 72.2 cm³/mol. The van der Waals surface area contributed by atoms with Gasteiger partial charge in [0.2, 0.25) is 0 Å². The molecule has 1 aromatic rings. The Kier molecular flexibility index (Phi) is 3.93. The van der Waals surface area contributed by atoms with E-state index < -0.39 is 11.5 Å². The number of nitriles is 1. The summed E-state index contributed by atoms with van der Waals surface area (Å²) in [5.74, 6) is -0.286. The molecule has 106 valence electrons. The van der Waals surface area contributed by atoms with Crippen molar-refractivity contribution in [2.45, 2.75) is 18.5 Å². The second kappa shape index (κ2) is 5.49. The van der Waals surface area contributed by atoms with Crippen LogP contribution >= 0.6 is 0 Å². The van der Waals surface area contributed by atoms with Gasteiger partial charge in [-0.2, -0.15) is 5.26 Å². The zero-order valence-electron chi connectivity index (χ0n) is 11.3. The topological polar surface area (TPSA) is 99.6 Å². The van der Waals surface area contributed by atoms with Crippen LogP contribution in [0.2, 0.25) is 0 Å². The number of carbonyl (C=O) groups is 1. The van der Waals surface area contributed by atoms with E-state index in [1.807, 2.05) is 4.90 Å². The molecule has 6 heteroatoms. The van der Waals surface area contributed by atoms with E-state index in [2.05, 4.69) is 6.07 Å². The van der Waals surface area contributed by atoms with Crippen LogP contribution in [0.5, 0.6) is 5.75 Å². The summed E-state index contributed by atoms with van der Waals surface area (Å²) in [6.45, 7) is 1.43. The van der Waals surface area contributed by atoms with Gasteiger partial charge in [0, 0.05) is 25.2 Å². The zero-order chi connectivity index (χ0) is 14.8. The SMILES string of the molecule is COc1ccc(C#N)cc1CN1CCC(N)(C(=O)O)C1. The van der Waals surface area contributed by atoms with Gasteiger partial charge >= 0.3 is 5.97 Å². The molecule has 1 aliphatic heterocycles. The van der Waals surface area contributed by atoms with E-state index in [1.165, 1.54) is 0 Å². The number of hydrogen-bond acceptors (Lipinski definition) is 5. The summed E-state index contributed by atoms with van der Waals surface area (Å²) in [5, 5.41) is 18.1. The summed E-state index contributed by atoms with van der Waals surface area (Å²) in [6, 6.07) is 7.28. The standard InChI is InChI=1S/C14H17N3O3/c1-20-12-3-2-10(7-15)6-11(12)8-17-5-4-14(16,9-17)13(18)19/h2-3,6H,4-5,8-9,16H2,1H3,(H,18,19). The number of carboxylic acids is 1. The molecule has 1 fully saturated rings. The molecule has 6 nitrogen and oxygen atoms in total. The van der Waals surface area contributed by atoms with Gasteiger partial charge in [0.25, 0.3) is 0 Å². The van der Waals surface area contributed by atoms with Crippen molar-refractivity contribution in [1.29, 1.82) is 5.26 Å². The highest BCUT2D eigenvalue weighted by atomic mass is 16.5. The second-order valence-corrected chi connectivity index (χ2v) is 5.06. The second-order valence-electron chi connectivity index (χ2n) is 5.06. The molecule has 1 aromatic carbocycles. The fraction of sp³-hybridized carbons (Fsp3) is 0.429. The third-order valence-corrected chi connectivity index (χ3v) is 3.61. The Morgan fingerprint density at radius 2 is 2.40 bits per heavy atom. The number of likely N-dealkylation sites (tertiary alicyclic amines) is 1. The zero-order valence-corrected chi connectivity index (χ0v) is 11.3. The third kappa shape index (κ3) is 2.74. The molecule has 0 radical (unpaired) electrons. The quantitative estimate of drug-likeness (QED) is 0.832. The Morgan fingerprint density at radius 3 is 2.95 bits per heavy atom. The fourth-order valence-corrected chi connectivity index (χ4v) is 2.44. The van der Waals surface area contributed by atoms with Crippen LogP contribution in [0, 0.1) is 11.3 Å². The number of carboxylic acid groups (broad SMARTS) is 1. The largest absolute Gasteiger partial charge is 0.496 e. The third-order valence-electron chi connectivity index (χ3n) is 3.61. The van der Waals surface area contributed by atoms with Gasteiger partial charge in [0.15, 0.2) is 0 Å². The van der Waals surface area contributed by atoms with E-state index >= 15 is 0 Å². The Bertz CT molecular complexity index is 567. The first-order valence-corrected chi connectivity index (χ1v) is 6.30. The Hall–Kier alpha value is -2.10. The number of aliphatic carboxylic acids is 1. The molecule has 1 unspecified atom stereocenters. The summed E-state index contributed by atoms with van der Waals surface area (Å²) in [7, 11) is 1.57. The molecular weight excluding hydrogens is 258 g/mol. The van der Waals surface area contributed by atoms with Gasteiger partial charge in [0.05, 0.1) is 18.7 Å². The first-order valence-electron chi connectivity index (χ1n) is 6.30. The molecular formula is C14H17N3O3. The van der Waals surface area contributed by atoms with E-state index in [9.17, 15) is 4.79 Å². The molecule has 1 heterocycles. The monoisotopic (exact) mass is 275 g/mol. The maximum Gasteiger partial charge on any atom is 0.325 e. The van der Waals surface area contributed by atoms with E-state index in [0.717, 1.165) is 5.56 Å². The molecule has 3 N–H and O–H groups in total. The van der Waals surface area contributed by atoms with Crippen LogP contribution in [0.25, 0.3) is 0 Å². The Balaban J connectivity index is 2.15. The van der Waals surface area contributed by atoms with Crippen LogP contribution in [-0.2, 0) is 11.3 Å². The molecule has 1 atom stereocenters. The first-order chi connectivity index (χ1) is 9.48. The molecule has 0 aromatic heterocycles. The average molecular weight is 275 g/mol. The van der Waals surface area contributed by atoms with Gasteiger partial charge in [-0.3, -0.25) is 9.69 Å². The normalized spacial score (nSPS) is 22.4. The lowest BCUT2D eigenvalue weighted by Gasteiger charge is -2.21. The van der Waals surface area contributed by atoms with Gasteiger partial charge in [-0.05, 0) is 24.6 Å². The van der Waals surface area contributed by atoms with Gasteiger partial charge in [0.1, 0.15) is 11.3 Å². The van der Waals surface area contributed by atoms with Crippen LogP contribution in [0.3, 0.4) is 0 Å². The van der Waals surface area contributed by atoms with Crippen molar-refractivity contribution in [3.8, 4) is 11.8 Å². The van der Waals surface area contributed by atoms with Gasteiger partial charge in [-0.25, -0.2) is 0 Å². The smallest absolute Gasteiger partial charge is 0.325 e. The Morgan fingerprint density at radius 1 is 1.65 bits per heavy atom. The number of nitrogens with zero attached hydrogens (tertiary/aromatic N) is 2. The minimum absolute atomic E-state index is 0.294. The van der Waals surface area contributed by atoms with Crippen molar-refractivity contribution in [2.24, 2.45) is 5.73 Å². The minimum atomic E-state index is -1.18. The van der Waals surface area contributed by atoms with Crippen LogP contribution in [0.1, 0.15) is 17.5 Å². The highest BCUT2D eigenvalue weighted by molar-refractivity contribution is 5.79. The Labute approximate surface area is 117 Å². The first kappa shape index (κ1) is 14.3.